The van der Waals surface area contributed by atoms with E-state index < -0.39 is 11.8 Å². The number of pyridine rings is 1. The van der Waals surface area contributed by atoms with Crippen molar-refractivity contribution in [3.63, 3.8) is 0 Å². The molecule has 3 rings (SSSR count). The van der Waals surface area contributed by atoms with Crippen LogP contribution in [0.5, 0.6) is 0 Å². The number of aromatic carboxylic acids is 1. The van der Waals surface area contributed by atoms with E-state index in [0.29, 0.717) is 31.7 Å². The van der Waals surface area contributed by atoms with E-state index in [1.54, 1.807) is 28.0 Å². The van der Waals surface area contributed by atoms with Crippen LogP contribution in [-0.2, 0) is 11.2 Å². The molecular formula is C19H18FN3O4. The molecule has 1 aliphatic heterocycles. The lowest BCUT2D eigenvalue weighted by molar-refractivity contribution is -0.132. The van der Waals surface area contributed by atoms with Gasteiger partial charge in [-0.15, -0.1) is 0 Å². The van der Waals surface area contributed by atoms with Crippen LogP contribution < -0.4 is 0 Å². The number of hydrogen-bond acceptors (Lipinski definition) is 4. The number of benzene rings is 1. The Bertz CT molecular complexity index is 879. The number of carbonyl (C=O) groups excluding carboxylic acids is 2. The minimum Gasteiger partial charge on any atom is -0.477 e. The Kier molecular flexibility index (Phi) is 5.44. The first-order valence-corrected chi connectivity index (χ1v) is 8.45. The predicted molar refractivity (Wildman–Crippen MR) is 93.8 cm³/mol. The van der Waals surface area contributed by atoms with Gasteiger partial charge in [0.1, 0.15) is 11.5 Å². The van der Waals surface area contributed by atoms with Crippen LogP contribution in [0, 0.1) is 5.82 Å². The molecule has 0 aliphatic carbocycles. The maximum Gasteiger partial charge on any atom is 0.354 e. The van der Waals surface area contributed by atoms with E-state index in [0.717, 1.165) is 0 Å². The number of nitrogens with zero attached hydrogens (tertiary/aromatic N) is 3. The molecule has 0 bridgehead atoms. The molecule has 2 heterocycles. The van der Waals surface area contributed by atoms with Crippen LogP contribution in [0.3, 0.4) is 0 Å². The molecule has 1 N–H and O–H groups in total. The van der Waals surface area contributed by atoms with Crippen LogP contribution >= 0.6 is 0 Å². The largest absolute Gasteiger partial charge is 0.477 e. The summed E-state index contributed by atoms with van der Waals surface area (Å²) in [6.45, 7) is 1.34. The van der Waals surface area contributed by atoms with Gasteiger partial charge in [-0.2, -0.15) is 0 Å². The molecule has 0 spiro atoms. The van der Waals surface area contributed by atoms with Crippen molar-refractivity contribution in [2.75, 3.05) is 26.2 Å². The number of carboxylic acids is 1. The van der Waals surface area contributed by atoms with Crippen LogP contribution in [0.25, 0.3) is 0 Å². The van der Waals surface area contributed by atoms with E-state index in [1.807, 2.05) is 0 Å². The fraction of sp³-hybridized carbons (Fsp3) is 0.263. The maximum absolute atomic E-state index is 13.7. The van der Waals surface area contributed by atoms with Crippen molar-refractivity contribution in [1.82, 2.24) is 14.8 Å². The second-order valence-corrected chi connectivity index (χ2v) is 6.18. The molecule has 2 amide bonds. The van der Waals surface area contributed by atoms with Gasteiger partial charge in [-0.3, -0.25) is 9.59 Å². The third kappa shape index (κ3) is 4.28. The summed E-state index contributed by atoms with van der Waals surface area (Å²) < 4.78 is 13.7. The van der Waals surface area contributed by atoms with Gasteiger partial charge in [0.05, 0.1) is 6.42 Å². The molecule has 1 saturated heterocycles. The molecule has 0 atom stereocenters. The van der Waals surface area contributed by atoms with Crippen LogP contribution in [-0.4, -0.2) is 63.9 Å². The van der Waals surface area contributed by atoms with Crippen molar-refractivity contribution in [3.05, 3.63) is 65.2 Å². The van der Waals surface area contributed by atoms with Crippen LogP contribution in [0.15, 0.2) is 42.6 Å². The smallest absolute Gasteiger partial charge is 0.354 e. The first-order chi connectivity index (χ1) is 13.0. The normalized spacial score (nSPS) is 14.1. The minimum atomic E-state index is -1.20. The Hall–Kier alpha value is -3.29. The van der Waals surface area contributed by atoms with Gasteiger partial charge in [-0.1, -0.05) is 18.2 Å². The molecule has 1 aromatic carbocycles. The highest BCUT2D eigenvalue weighted by atomic mass is 19.1. The summed E-state index contributed by atoms with van der Waals surface area (Å²) in [5.74, 6) is -2.11. The van der Waals surface area contributed by atoms with Crippen molar-refractivity contribution in [2.24, 2.45) is 0 Å². The quantitative estimate of drug-likeness (QED) is 0.878. The number of rotatable bonds is 4. The lowest BCUT2D eigenvalue weighted by Crippen LogP contribution is -2.51. The molecule has 140 valence electrons. The first kappa shape index (κ1) is 18.5. The highest BCUT2D eigenvalue weighted by Gasteiger charge is 2.25. The van der Waals surface area contributed by atoms with Crippen LogP contribution in [0.1, 0.15) is 26.4 Å². The van der Waals surface area contributed by atoms with E-state index in [4.69, 9.17) is 5.11 Å². The number of piperazine rings is 1. The molecule has 0 saturated carbocycles. The molecule has 8 heteroatoms. The third-order valence-electron chi connectivity index (χ3n) is 4.45. The standard InChI is InChI=1S/C19H18FN3O4/c20-15-4-2-1-3-13(15)12-17(24)22-7-9-23(10-8-22)18(25)14-5-6-21-16(11-14)19(26)27/h1-6,11H,7-10,12H2,(H,26,27). The monoisotopic (exact) mass is 371 g/mol. The number of amides is 2. The Balaban J connectivity index is 1.59. The number of carboxylic acid groups (broad SMARTS) is 1. The van der Waals surface area contributed by atoms with Gasteiger partial charge in [0, 0.05) is 37.9 Å². The number of aromatic nitrogens is 1. The van der Waals surface area contributed by atoms with Gasteiger partial charge >= 0.3 is 5.97 Å². The summed E-state index contributed by atoms with van der Waals surface area (Å²) in [5, 5.41) is 8.98. The van der Waals surface area contributed by atoms with Crippen molar-refractivity contribution in [2.45, 2.75) is 6.42 Å². The van der Waals surface area contributed by atoms with E-state index in [9.17, 15) is 18.8 Å². The van der Waals surface area contributed by atoms with E-state index in [1.165, 1.54) is 24.4 Å². The summed E-state index contributed by atoms with van der Waals surface area (Å²) in [6.07, 6.45) is 1.26. The molecule has 1 aliphatic rings. The molecule has 2 aromatic rings. The predicted octanol–water partition coefficient (Wildman–Crippen LogP) is 1.45. The number of carbonyl (C=O) groups is 3. The van der Waals surface area contributed by atoms with Crippen LogP contribution in [0.2, 0.25) is 0 Å². The van der Waals surface area contributed by atoms with Gasteiger partial charge in [0.2, 0.25) is 5.91 Å². The third-order valence-corrected chi connectivity index (χ3v) is 4.45. The average molecular weight is 371 g/mol. The van der Waals surface area contributed by atoms with Gasteiger partial charge in [-0.05, 0) is 23.8 Å². The Morgan fingerprint density at radius 2 is 1.70 bits per heavy atom. The second kappa shape index (κ2) is 7.94. The van der Waals surface area contributed by atoms with E-state index in [-0.39, 0.29) is 29.5 Å². The van der Waals surface area contributed by atoms with E-state index in [2.05, 4.69) is 4.98 Å². The highest BCUT2D eigenvalue weighted by molar-refractivity contribution is 5.96. The SMILES string of the molecule is O=C(O)c1cc(C(=O)N2CCN(C(=O)Cc3ccccc3F)CC2)ccn1. The summed E-state index contributed by atoms with van der Waals surface area (Å²) in [5.41, 5.74) is 0.395. The topological polar surface area (TPSA) is 90.8 Å². The zero-order valence-corrected chi connectivity index (χ0v) is 14.5. The number of halogens is 1. The lowest BCUT2D eigenvalue weighted by atomic mass is 10.1. The highest BCUT2D eigenvalue weighted by Crippen LogP contribution is 2.13. The minimum absolute atomic E-state index is 0.0209. The Morgan fingerprint density at radius 3 is 2.37 bits per heavy atom. The van der Waals surface area contributed by atoms with Crippen molar-refractivity contribution in [3.8, 4) is 0 Å². The second-order valence-electron chi connectivity index (χ2n) is 6.18. The fourth-order valence-electron chi connectivity index (χ4n) is 2.94. The average Bonchev–Trinajstić information content (AvgIpc) is 2.69. The molecular weight excluding hydrogens is 353 g/mol. The summed E-state index contributed by atoms with van der Waals surface area (Å²) in [6, 6.07) is 8.85. The molecule has 1 fully saturated rings. The van der Waals surface area contributed by atoms with Gasteiger partial charge < -0.3 is 14.9 Å². The van der Waals surface area contributed by atoms with Gasteiger partial charge in [0.25, 0.3) is 5.91 Å². The Labute approximate surface area is 155 Å². The fourth-order valence-corrected chi connectivity index (χ4v) is 2.94. The van der Waals surface area contributed by atoms with E-state index >= 15 is 0 Å². The number of hydrogen-bond donors (Lipinski definition) is 1. The molecule has 27 heavy (non-hydrogen) atoms. The zero-order valence-electron chi connectivity index (χ0n) is 14.5. The van der Waals surface area contributed by atoms with Gasteiger partial charge in [0.15, 0.2) is 0 Å². The molecule has 1 aromatic heterocycles. The molecule has 0 unspecified atom stereocenters. The summed E-state index contributed by atoms with van der Waals surface area (Å²) >= 11 is 0. The first-order valence-electron chi connectivity index (χ1n) is 8.45. The maximum atomic E-state index is 13.7. The summed E-state index contributed by atoms with van der Waals surface area (Å²) in [7, 11) is 0. The zero-order chi connectivity index (χ0) is 19.4. The van der Waals surface area contributed by atoms with Crippen molar-refractivity contribution < 1.29 is 23.9 Å². The molecule has 7 nitrogen and oxygen atoms in total. The Morgan fingerprint density at radius 1 is 1.04 bits per heavy atom. The summed E-state index contributed by atoms with van der Waals surface area (Å²) in [4.78, 5) is 42.8. The lowest BCUT2D eigenvalue weighted by Gasteiger charge is -2.35. The molecule has 0 radical (unpaired) electrons. The van der Waals surface area contributed by atoms with Crippen LogP contribution in [0.4, 0.5) is 4.39 Å². The van der Waals surface area contributed by atoms with Crippen molar-refractivity contribution in [1.29, 1.82) is 0 Å². The van der Waals surface area contributed by atoms with Crippen molar-refractivity contribution >= 4 is 17.8 Å². The van der Waals surface area contributed by atoms with Gasteiger partial charge in [-0.25, -0.2) is 14.2 Å².